The summed E-state index contributed by atoms with van der Waals surface area (Å²) < 4.78 is 0. The van der Waals surface area contributed by atoms with Crippen molar-refractivity contribution in [3.8, 4) is 0 Å². The summed E-state index contributed by atoms with van der Waals surface area (Å²) in [5, 5.41) is 0.635. The van der Waals surface area contributed by atoms with Crippen LogP contribution in [-0.4, -0.2) is 29.1 Å². The van der Waals surface area contributed by atoms with E-state index in [9.17, 15) is 0 Å². The van der Waals surface area contributed by atoms with Gasteiger partial charge in [-0.05, 0) is 24.7 Å². The van der Waals surface area contributed by atoms with Gasteiger partial charge in [-0.2, -0.15) is 0 Å². The van der Waals surface area contributed by atoms with Crippen LogP contribution in [0.3, 0.4) is 0 Å². The number of hydrogen-bond acceptors (Lipinski definition) is 4. The second-order valence-electron chi connectivity index (χ2n) is 4.76. The number of rotatable bonds is 1. The Hall–Kier alpha value is -0.870. The fourth-order valence-corrected chi connectivity index (χ4v) is 3.24. The minimum absolute atomic E-state index is 0.357. The SMILES string of the molecule is NC1CCC2CN(c3ncncc3Cl)CC12. The van der Waals surface area contributed by atoms with Gasteiger partial charge in [0.15, 0.2) is 5.82 Å². The van der Waals surface area contributed by atoms with Crippen LogP contribution < -0.4 is 10.6 Å². The maximum atomic E-state index is 6.11. The fourth-order valence-electron chi connectivity index (χ4n) is 3.02. The maximum Gasteiger partial charge on any atom is 0.150 e. The zero-order chi connectivity index (χ0) is 11.1. The molecule has 86 valence electrons. The van der Waals surface area contributed by atoms with Gasteiger partial charge < -0.3 is 10.6 Å². The lowest BCUT2D eigenvalue weighted by molar-refractivity contribution is 0.453. The number of nitrogens with two attached hydrogens (primary N) is 1. The van der Waals surface area contributed by atoms with Gasteiger partial charge >= 0.3 is 0 Å². The molecule has 1 aromatic heterocycles. The van der Waals surface area contributed by atoms with E-state index in [1.165, 1.54) is 12.8 Å². The second-order valence-corrected chi connectivity index (χ2v) is 5.17. The Morgan fingerprint density at radius 3 is 3.00 bits per heavy atom. The summed E-state index contributed by atoms with van der Waals surface area (Å²) >= 11 is 6.10. The first-order chi connectivity index (χ1) is 7.75. The summed E-state index contributed by atoms with van der Waals surface area (Å²) in [7, 11) is 0. The molecule has 4 nitrogen and oxygen atoms in total. The quantitative estimate of drug-likeness (QED) is 0.802. The van der Waals surface area contributed by atoms with Gasteiger partial charge in [0.2, 0.25) is 0 Å². The molecule has 2 fully saturated rings. The van der Waals surface area contributed by atoms with Gasteiger partial charge in [-0.15, -0.1) is 0 Å². The number of fused-ring (bicyclic) bond motifs is 1. The van der Waals surface area contributed by atoms with Crippen LogP contribution in [0.25, 0.3) is 0 Å². The Morgan fingerprint density at radius 1 is 1.38 bits per heavy atom. The molecule has 3 rings (SSSR count). The number of aromatic nitrogens is 2. The van der Waals surface area contributed by atoms with Crippen LogP contribution >= 0.6 is 11.6 Å². The predicted molar refractivity (Wildman–Crippen MR) is 63.4 cm³/mol. The topological polar surface area (TPSA) is 55.0 Å². The van der Waals surface area contributed by atoms with Gasteiger partial charge in [-0.25, -0.2) is 9.97 Å². The molecule has 0 spiro atoms. The van der Waals surface area contributed by atoms with Crippen molar-refractivity contribution in [2.24, 2.45) is 17.6 Å². The highest BCUT2D eigenvalue weighted by molar-refractivity contribution is 6.32. The average molecular weight is 239 g/mol. The molecule has 0 amide bonds. The van der Waals surface area contributed by atoms with Gasteiger partial charge in [0.05, 0.1) is 6.20 Å². The fraction of sp³-hybridized carbons (Fsp3) is 0.636. The van der Waals surface area contributed by atoms with E-state index in [2.05, 4.69) is 14.9 Å². The normalized spacial score (nSPS) is 33.1. The molecule has 5 heteroatoms. The van der Waals surface area contributed by atoms with E-state index in [1.54, 1.807) is 12.5 Å². The Bertz CT molecular complexity index is 397. The lowest BCUT2D eigenvalue weighted by atomic mass is 9.98. The number of anilines is 1. The van der Waals surface area contributed by atoms with Crippen molar-refractivity contribution in [3.05, 3.63) is 17.5 Å². The molecule has 1 aliphatic heterocycles. The van der Waals surface area contributed by atoms with Gasteiger partial charge in [0.25, 0.3) is 0 Å². The average Bonchev–Trinajstić information content (AvgIpc) is 2.82. The van der Waals surface area contributed by atoms with Crippen molar-refractivity contribution >= 4 is 17.4 Å². The first-order valence-corrected chi connectivity index (χ1v) is 6.09. The molecular formula is C11H15ClN4. The molecule has 1 aromatic rings. The van der Waals surface area contributed by atoms with Crippen LogP contribution in [0.5, 0.6) is 0 Å². The third kappa shape index (κ3) is 1.57. The van der Waals surface area contributed by atoms with Crippen LogP contribution in [0.15, 0.2) is 12.5 Å². The van der Waals surface area contributed by atoms with E-state index >= 15 is 0 Å². The molecule has 16 heavy (non-hydrogen) atoms. The van der Waals surface area contributed by atoms with E-state index in [1.807, 2.05) is 0 Å². The molecule has 0 aromatic carbocycles. The van der Waals surface area contributed by atoms with Gasteiger partial charge in [-0.1, -0.05) is 11.6 Å². The van der Waals surface area contributed by atoms with Crippen molar-refractivity contribution in [2.45, 2.75) is 18.9 Å². The molecule has 3 unspecified atom stereocenters. The highest BCUT2D eigenvalue weighted by Crippen LogP contribution is 2.39. The van der Waals surface area contributed by atoms with E-state index in [0.29, 0.717) is 17.0 Å². The molecule has 2 aliphatic rings. The zero-order valence-corrected chi connectivity index (χ0v) is 9.77. The maximum absolute atomic E-state index is 6.11. The van der Waals surface area contributed by atoms with Crippen molar-refractivity contribution in [1.82, 2.24) is 9.97 Å². The van der Waals surface area contributed by atoms with Crippen molar-refractivity contribution in [2.75, 3.05) is 18.0 Å². The second kappa shape index (κ2) is 3.86. The lowest BCUT2D eigenvalue weighted by Gasteiger charge is -2.20. The molecule has 2 heterocycles. The molecule has 2 N–H and O–H groups in total. The highest BCUT2D eigenvalue weighted by atomic mass is 35.5. The number of nitrogens with zero attached hydrogens (tertiary/aromatic N) is 3. The smallest absolute Gasteiger partial charge is 0.150 e. The van der Waals surface area contributed by atoms with Gasteiger partial charge in [0, 0.05) is 19.1 Å². The summed E-state index contributed by atoms with van der Waals surface area (Å²) in [5.41, 5.74) is 6.11. The van der Waals surface area contributed by atoms with Crippen molar-refractivity contribution < 1.29 is 0 Å². The van der Waals surface area contributed by atoms with Crippen LogP contribution in [0, 0.1) is 11.8 Å². The third-order valence-electron chi connectivity index (χ3n) is 3.86. The third-order valence-corrected chi connectivity index (χ3v) is 4.13. The van der Waals surface area contributed by atoms with Crippen LogP contribution in [0.4, 0.5) is 5.82 Å². The van der Waals surface area contributed by atoms with Crippen LogP contribution in [0.1, 0.15) is 12.8 Å². The van der Waals surface area contributed by atoms with E-state index < -0.39 is 0 Å². The Morgan fingerprint density at radius 2 is 2.25 bits per heavy atom. The number of halogens is 1. The molecule has 3 atom stereocenters. The highest BCUT2D eigenvalue weighted by Gasteiger charge is 2.41. The monoisotopic (exact) mass is 238 g/mol. The molecule has 1 aliphatic carbocycles. The minimum atomic E-state index is 0.357. The number of hydrogen-bond donors (Lipinski definition) is 1. The standard InChI is InChI=1S/C11H15ClN4/c12-9-3-14-6-15-11(9)16-4-7-1-2-10(13)8(7)5-16/h3,6-8,10H,1-2,4-5,13H2. The zero-order valence-electron chi connectivity index (χ0n) is 9.01. The summed E-state index contributed by atoms with van der Waals surface area (Å²) in [5.74, 6) is 2.20. The van der Waals surface area contributed by atoms with Gasteiger partial charge in [-0.3, -0.25) is 0 Å². The summed E-state index contributed by atoms with van der Waals surface area (Å²) in [6, 6.07) is 0.357. The summed E-state index contributed by atoms with van der Waals surface area (Å²) in [6.07, 6.45) is 5.61. The first-order valence-electron chi connectivity index (χ1n) is 5.71. The molecular weight excluding hydrogens is 224 g/mol. The van der Waals surface area contributed by atoms with Gasteiger partial charge in [0.1, 0.15) is 11.3 Å². The van der Waals surface area contributed by atoms with Crippen molar-refractivity contribution in [1.29, 1.82) is 0 Å². The molecule has 1 saturated heterocycles. The predicted octanol–water partition coefficient (Wildman–Crippen LogP) is 1.30. The van der Waals surface area contributed by atoms with Crippen molar-refractivity contribution in [3.63, 3.8) is 0 Å². The molecule has 1 saturated carbocycles. The van der Waals surface area contributed by atoms with Crippen LogP contribution in [0.2, 0.25) is 5.02 Å². The lowest BCUT2D eigenvalue weighted by Crippen LogP contribution is -2.30. The molecule has 0 radical (unpaired) electrons. The molecule has 0 bridgehead atoms. The minimum Gasteiger partial charge on any atom is -0.355 e. The summed E-state index contributed by atoms with van der Waals surface area (Å²) in [4.78, 5) is 10.4. The Balaban J connectivity index is 1.82. The van der Waals surface area contributed by atoms with E-state index in [-0.39, 0.29) is 0 Å². The van der Waals surface area contributed by atoms with E-state index in [0.717, 1.165) is 24.8 Å². The Kier molecular flexibility index (Phi) is 2.48. The summed E-state index contributed by atoms with van der Waals surface area (Å²) in [6.45, 7) is 2.03. The first kappa shape index (κ1) is 10.3. The van der Waals surface area contributed by atoms with E-state index in [4.69, 9.17) is 17.3 Å². The Labute approximate surface area is 99.8 Å². The van der Waals surface area contributed by atoms with Crippen LogP contribution in [-0.2, 0) is 0 Å². The largest absolute Gasteiger partial charge is 0.355 e.